The Morgan fingerprint density at radius 2 is 2.21 bits per heavy atom. The SMILES string of the molecule is CNC(C)CC(C)Cc1cccnc1. The second-order valence-corrected chi connectivity index (χ2v) is 4.10. The van der Waals surface area contributed by atoms with Crippen molar-refractivity contribution in [2.24, 2.45) is 5.92 Å². The zero-order chi connectivity index (χ0) is 10.4. The van der Waals surface area contributed by atoms with Gasteiger partial charge in [-0.3, -0.25) is 4.98 Å². The minimum Gasteiger partial charge on any atom is -0.317 e. The molecule has 78 valence electrons. The Morgan fingerprint density at radius 1 is 1.43 bits per heavy atom. The van der Waals surface area contributed by atoms with E-state index in [0.29, 0.717) is 12.0 Å². The van der Waals surface area contributed by atoms with Gasteiger partial charge in [-0.15, -0.1) is 0 Å². The van der Waals surface area contributed by atoms with Crippen LogP contribution in [0, 0.1) is 5.92 Å². The van der Waals surface area contributed by atoms with Crippen molar-refractivity contribution < 1.29 is 0 Å². The van der Waals surface area contributed by atoms with E-state index < -0.39 is 0 Å². The number of nitrogens with one attached hydrogen (secondary N) is 1. The molecule has 0 aliphatic rings. The van der Waals surface area contributed by atoms with E-state index in [1.807, 2.05) is 25.5 Å². The van der Waals surface area contributed by atoms with Gasteiger partial charge in [-0.1, -0.05) is 13.0 Å². The van der Waals surface area contributed by atoms with Gasteiger partial charge >= 0.3 is 0 Å². The normalized spacial score (nSPS) is 15.1. The van der Waals surface area contributed by atoms with E-state index in [1.54, 1.807) is 0 Å². The molecule has 0 radical (unpaired) electrons. The van der Waals surface area contributed by atoms with Crippen molar-refractivity contribution in [2.75, 3.05) is 7.05 Å². The first-order valence-electron chi connectivity index (χ1n) is 5.28. The Kier molecular flexibility index (Phi) is 4.60. The molecule has 0 spiro atoms. The fraction of sp³-hybridized carbons (Fsp3) is 0.583. The zero-order valence-electron chi connectivity index (χ0n) is 9.33. The smallest absolute Gasteiger partial charge is 0.0299 e. The summed E-state index contributed by atoms with van der Waals surface area (Å²) in [7, 11) is 2.02. The Labute approximate surface area is 86.8 Å². The molecule has 1 rings (SSSR count). The van der Waals surface area contributed by atoms with Crippen LogP contribution in [0.25, 0.3) is 0 Å². The van der Waals surface area contributed by atoms with E-state index in [-0.39, 0.29) is 0 Å². The fourth-order valence-electron chi connectivity index (χ4n) is 1.73. The summed E-state index contributed by atoms with van der Waals surface area (Å²) >= 11 is 0. The molecule has 0 saturated carbocycles. The van der Waals surface area contributed by atoms with Gasteiger partial charge in [0.25, 0.3) is 0 Å². The first-order valence-corrected chi connectivity index (χ1v) is 5.28. The lowest BCUT2D eigenvalue weighted by atomic mass is 9.96. The third-order valence-corrected chi connectivity index (χ3v) is 2.56. The molecule has 0 fully saturated rings. The van der Waals surface area contributed by atoms with Gasteiger partial charge in [0.1, 0.15) is 0 Å². The number of pyridine rings is 1. The van der Waals surface area contributed by atoms with Crippen LogP contribution < -0.4 is 5.32 Å². The molecule has 2 heteroatoms. The highest BCUT2D eigenvalue weighted by atomic mass is 14.8. The summed E-state index contributed by atoms with van der Waals surface area (Å²) in [6.07, 6.45) is 6.12. The maximum atomic E-state index is 4.12. The van der Waals surface area contributed by atoms with Crippen LogP contribution in [-0.2, 0) is 6.42 Å². The molecule has 0 aliphatic carbocycles. The Bertz CT molecular complexity index is 246. The number of hydrogen-bond donors (Lipinski definition) is 1. The molecular formula is C12H20N2. The number of aromatic nitrogens is 1. The number of nitrogens with zero attached hydrogens (tertiary/aromatic N) is 1. The summed E-state index contributed by atoms with van der Waals surface area (Å²) in [5, 5.41) is 3.27. The van der Waals surface area contributed by atoms with Crippen LogP contribution in [0.2, 0.25) is 0 Å². The number of rotatable bonds is 5. The average Bonchev–Trinajstić information content (AvgIpc) is 2.19. The summed E-state index contributed by atoms with van der Waals surface area (Å²) in [4.78, 5) is 4.12. The van der Waals surface area contributed by atoms with Crippen LogP contribution >= 0.6 is 0 Å². The lowest BCUT2D eigenvalue weighted by molar-refractivity contribution is 0.440. The van der Waals surface area contributed by atoms with Gasteiger partial charge < -0.3 is 5.32 Å². The van der Waals surface area contributed by atoms with Crippen molar-refractivity contribution >= 4 is 0 Å². The molecular weight excluding hydrogens is 172 g/mol. The van der Waals surface area contributed by atoms with Crippen LogP contribution in [0.3, 0.4) is 0 Å². The molecule has 1 heterocycles. The predicted octanol–water partition coefficient (Wildman–Crippen LogP) is 2.26. The quantitative estimate of drug-likeness (QED) is 0.774. The fourth-order valence-corrected chi connectivity index (χ4v) is 1.73. The second kappa shape index (κ2) is 5.76. The van der Waals surface area contributed by atoms with E-state index in [4.69, 9.17) is 0 Å². The van der Waals surface area contributed by atoms with E-state index in [9.17, 15) is 0 Å². The van der Waals surface area contributed by atoms with E-state index >= 15 is 0 Å². The van der Waals surface area contributed by atoms with Gasteiger partial charge in [-0.25, -0.2) is 0 Å². The van der Waals surface area contributed by atoms with Gasteiger partial charge in [0, 0.05) is 18.4 Å². The summed E-state index contributed by atoms with van der Waals surface area (Å²) in [5.41, 5.74) is 1.34. The Balaban J connectivity index is 2.37. The second-order valence-electron chi connectivity index (χ2n) is 4.10. The lowest BCUT2D eigenvalue weighted by Crippen LogP contribution is -2.24. The number of hydrogen-bond acceptors (Lipinski definition) is 2. The van der Waals surface area contributed by atoms with Crippen LogP contribution in [0.1, 0.15) is 25.8 Å². The van der Waals surface area contributed by atoms with Gasteiger partial charge in [-0.05, 0) is 44.4 Å². The molecule has 1 N–H and O–H groups in total. The minimum absolute atomic E-state index is 0.599. The van der Waals surface area contributed by atoms with Gasteiger partial charge in [0.05, 0.1) is 0 Å². The molecule has 0 bridgehead atoms. The van der Waals surface area contributed by atoms with Crippen molar-refractivity contribution in [3.05, 3.63) is 30.1 Å². The molecule has 0 aliphatic heterocycles. The lowest BCUT2D eigenvalue weighted by Gasteiger charge is -2.16. The van der Waals surface area contributed by atoms with Crippen LogP contribution in [-0.4, -0.2) is 18.1 Å². The van der Waals surface area contributed by atoms with Gasteiger partial charge in [0.2, 0.25) is 0 Å². The topological polar surface area (TPSA) is 24.9 Å². The maximum absolute atomic E-state index is 4.12. The van der Waals surface area contributed by atoms with Crippen molar-refractivity contribution in [3.8, 4) is 0 Å². The standard InChI is InChI=1S/C12H20N2/c1-10(7-11(2)13-3)8-12-5-4-6-14-9-12/h4-6,9-11,13H,7-8H2,1-3H3. The van der Waals surface area contributed by atoms with Gasteiger partial charge in [-0.2, -0.15) is 0 Å². The summed E-state index contributed by atoms with van der Waals surface area (Å²) in [5.74, 6) is 0.710. The molecule has 14 heavy (non-hydrogen) atoms. The molecule has 0 saturated heterocycles. The van der Waals surface area contributed by atoms with E-state index in [1.165, 1.54) is 12.0 Å². The molecule has 0 aromatic carbocycles. The van der Waals surface area contributed by atoms with Gasteiger partial charge in [0.15, 0.2) is 0 Å². The molecule has 2 unspecified atom stereocenters. The predicted molar refractivity (Wildman–Crippen MR) is 60.2 cm³/mol. The highest BCUT2D eigenvalue weighted by molar-refractivity contribution is 5.08. The Hall–Kier alpha value is -0.890. The van der Waals surface area contributed by atoms with E-state index in [2.05, 4.69) is 30.2 Å². The summed E-state index contributed by atoms with van der Waals surface area (Å²) in [6, 6.07) is 4.75. The third kappa shape index (κ3) is 3.88. The highest BCUT2D eigenvalue weighted by Gasteiger charge is 2.07. The van der Waals surface area contributed by atoms with Crippen molar-refractivity contribution in [1.29, 1.82) is 0 Å². The molecule has 2 nitrogen and oxygen atoms in total. The zero-order valence-corrected chi connectivity index (χ0v) is 9.33. The van der Waals surface area contributed by atoms with Crippen LogP contribution in [0.4, 0.5) is 0 Å². The summed E-state index contributed by atoms with van der Waals surface area (Å²) < 4.78 is 0. The van der Waals surface area contributed by atoms with E-state index in [0.717, 1.165) is 6.42 Å². The first kappa shape index (κ1) is 11.2. The molecule has 2 atom stereocenters. The highest BCUT2D eigenvalue weighted by Crippen LogP contribution is 2.12. The van der Waals surface area contributed by atoms with Crippen molar-refractivity contribution in [3.63, 3.8) is 0 Å². The Morgan fingerprint density at radius 3 is 2.79 bits per heavy atom. The molecule has 0 amide bonds. The minimum atomic E-state index is 0.599. The molecule has 1 aromatic heterocycles. The molecule has 1 aromatic rings. The third-order valence-electron chi connectivity index (χ3n) is 2.56. The monoisotopic (exact) mass is 192 g/mol. The van der Waals surface area contributed by atoms with Crippen molar-refractivity contribution in [2.45, 2.75) is 32.7 Å². The average molecular weight is 192 g/mol. The largest absolute Gasteiger partial charge is 0.317 e. The maximum Gasteiger partial charge on any atom is 0.0299 e. The first-order chi connectivity index (χ1) is 6.72. The summed E-state index contributed by atoms with van der Waals surface area (Å²) in [6.45, 7) is 4.51. The van der Waals surface area contributed by atoms with Crippen LogP contribution in [0.5, 0.6) is 0 Å². The van der Waals surface area contributed by atoms with Crippen LogP contribution in [0.15, 0.2) is 24.5 Å². The van der Waals surface area contributed by atoms with Crippen molar-refractivity contribution in [1.82, 2.24) is 10.3 Å².